The summed E-state index contributed by atoms with van der Waals surface area (Å²) in [5.74, 6) is -3.06. The van der Waals surface area contributed by atoms with Crippen LogP contribution >= 0.6 is 0 Å². The summed E-state index contributed by atoms with van der Waals surface area (Å²) in [5.41, 5.74) is 0. The molecule has 1 heterocycles. The maximum absolute atomic E-state index is 11.1. The molecule has 1 aliphatic heterocycles. The van der Waals surface area contributed by atoms with Crippen LogP contribution < -0.4 is 0 Å². The van der Waals surface area contributed by atoms with Crippen LogP contribution in [0.5, 0.6) is 0 Å². The highest BCUT2D eigenvalue weighted by Crippen LogP contribution is 2.05. The van der Waals surface area contributed by atoms with Crippen molar-refractivity contribution in [3.63, 3.8) is 0 Å². The molecule has 0 radical (unpaired) electrons. The molecule has 0 saturated heterocycles. The van der Waals surface area contributed by atoms with Gasteiger partial charge in [-0.3, -0.25) is 14.4 Å². The van der Waals surface area contributed by atoms with Crippen LogP contribution in [0, 0.1) is 0 Å². The zero-order valence-corrected chi connectivity index (χ0v) is 7.89. The smallest absolute Gasteiger partial charge is 0.277 e. The summed E-state index contributed by atoms with van der Waals surface area (Å²) in [6.45, 7) is 2.36. The molecule has 0 N–H and O–H groups in total. The molecule has 1 rings (SSSR count). The molecule has 6 nitrogen and oxygen atoms in total. The SMILES string of the molecule is CCCCCN1N=NC(=O)C(=O)C1=O. The molecule has 14 heavy (non-hydrogen) atoms. The van der Waals surface area contributed by atoms with Gasteiger partial charge in [0, 0.05) is 6.54 Å². The molecule has 0 fully saturated rings. The molecule has 2 amide bonds. The van der Waals surface area contributed by atoms with Crippen LogP contribution in [0.4, 0.5) is 0 Å². The monoisotopic (exact) mass is 197 g/mol. The highest BCUT2D eigenvalue weighted by molar-refractivity contribution is 6.63. The molecule has 0 bridgehead atoms. The van der Waals surface area contributed by atoms with Gasteiger partial charge >= 0.3 is 17.6 Å². The van der Waals surface area contributed by atoms with E-state index in [1.165, 1.54) is 0 Å². The van der Waals surface area contributed by atoms with E-state index in [-0.39, 0.29) is 0 Å². The summed E-state index contributed by atoms with van der Waals surface area (Å²) in [6, 6.07) is 0. The second kappa shape index (κ2) is 4.59. The Hall–Kier alpha value is -1.59. The van der Waals surface area contributed by atoms with E-state index in [9.17, 15) is 14.4 Å². The molecule has 1 aliphatic rings. The number of unbranched alkanes of at least 4 members (excludes halogenated alkanes) is 2. The summed E-state index contributed by atoms with van der Waals surface area (Å²) in [6.07, 6.45) is 2.70. The standard InChI is InChI=1S/C8H11N3O3/c1-2-3-4-5-11-8(14)6(12)7(13)9-10-11/h2-5H2,1H3. The van der Waals surface area contributed by atoms with Crippen molar-refractivity contribution in [2.45, 2.75) is 26.2 Å². The fourth-order valence-electron chi connectivity index (χ4n) is 1.05. The fourth-order valence-corrected chi connectivity index (χ4v) is 1.05. The summed E-state index contributed by atoms with van der Waals surface area (Å²) in [4.78, 5) is 32.6. The van der Waals surface area contributed by atoms with Gasteiger partial charge in [-0.25, -0.2) is 5.01 Å². The predicted molar refractivity (Wildman–Crippen MR) is 46.1 cm³/mol. The molecule has 76 valence electrons. The molecule has 0 aromatic carbocycles. The number of ketones is 1. The number of nitrogens with zero attached hydrogens (tertiary/aromatic N) is 3. The number of hydrogen-bond acceptors (Lipinski definition) is 4. The van der Waals surface area contributed by atoms with Gasteiger partial charge in [-0.05, 0) is 6.42 Å². The molecule has 0 aromatic heterocycles. The summed E-state index contributed by atoms with van der Waals surface area (Å²) >= 11 is 0. The lowest BCUT2D eigenvalue weighted by atomic mass is 10.2. The Morgan fingerprint density at radius 3 is 2.57 bits per heavy atom. The van der Waals surface area contributed by atoms with Crippen LogP contribution in [0.15, 0.2) is 10.3 Å². The summed E-state index contributed by atoms with van der Waals surface area (Å²) in [5, 5.41) is 7.36. The van der Waals surface area contributed by atoms with Crippen molar-refractivity contribution in [3.8, 4) is 0 Å². The third-order valence-corrected chi connectivity index (χ3v) is 1.84. The maximum atomic E-state index is 11.1. The van der Waals surface area contributed by atoms with Gasteiger partial charge in [0.2, 0.25) is 0 Å². The largest absolute Gasteiger partial charge is 0.343 e. The average molecular weight is 197 g/mol. The molecule has 0 aromatic rings. The minimum Gasteiger partial charge on any atom is -0.277 e. The highest BCUT2D eigenvalue weighted by atomic mass is 16.2. The molecule has 0 spiro atoms. The molecule has 0 saturated carbocycles. The van der Waals surface area contributed by atoms with Crippen LogP contribution in [0.2, 0.25) is 0 Å². The number of hydrogen-bond donors (Lipinski definition) is 0. The Balaban J connectivity index is 2.54. The lowest BCUT2D eigenvalue weighted by Gasteiger charge is -2.15. The van der Waals surface area contributed by atoms with Gasteiger partial charge in [0.1, 0.15) is 0 Å². The number of rotatable bonds is 4. The molecule has 0 atom stereocenters. The number of Topliss-reactive ketones (excluding diaryl/α,β-unsaturated/α-hetero) is 1. The van der Waals surface area contributed by atoms with Crippen molar-refractivity contribution in [1.82, 2.24) is 5.01 Å². The van der Waals surface area contributed by atoms with Crippen LogP contribution in [-0.4, -0.2) is 29.2 Å². The van der Waals surface area contributed by atoms with Crippen LogP contribution in [0.1, 0.15) is 26.2 Å². The Kier molecular flexibility index (Phi) is 3.44. The molecular formula is C8H11N3O3. The maximum Gasteiger partial charge on any atom is 0.343 e. The minimum absolute atomic E-state index is 0.342. The van der Waals surface area contributed by atoms with Gasteiger partial charge in [0.25, 0.3) is 0 Å². The van der Waals surface area contributed by atoms with E-state index < -0.39 is 17.6 Å². The summed E-state index contributed by atoms with van der Waals surface area (Å²) < 4.78 is 0. The molecule has 0 unspecified atom stereocenters. The van der Waals surface area contributed by atoms with E-state index >= 15 is 0 Å². The quantitative estimate of drug-likeness (QED) is 0.485. The van der Waals surface area contributed by atoms with Crippen molar-refractivity contribution in [2.24, 2.45) is 10.3 Å². The second-order valence-electron chi connectivity index (χ2n) is 2.96. The first kappa shape index (κ1) is 10.5. The summed E-state index contributed by atoms with van der Waals surface area (Å²) in [7, 11) is 0. The normalized spacial score (nSPS) is 16.6. The first-order valence-electron chi connectivity index (χ1n) is 4.48. The zero-order chi connectivity index (χ0) is 10.6. The van der Waals surface area contributed by atoms with Crippen molar-refractivity contribution in [1.29, 1.82) is 0 Å². The minimum atomic E-state index is -1.10. The topological polar surface area (TPSA) is 79.2 Å². The van der Waals surface area contributed by atoms with E-state index in [1.54, 1.807) is 0 Å². The van der Waals surface area contributed by atoms with Crippen LogP contribution in [-0.2, 0) is 14.4 Å². The van der Waals surface area contributed by atoms with Crippen LogP contribution in [0.3, 0.4) is 0 Å². The van der Waals surface area contributed by atoms with E-state index in [1.807, 2.05) is 6.92 Å². The Bertz CT molecular complexity index is 298. The first-order chi connectivity index (χ1) is 6.66. The predicted octanol–water partition coefficient (Wildman–Crippen LogP) is 0.482. The van der Waals surface area contributed by atoms with Gasteiger partial charge < -0.3 is 0 Å². The van der Waals surface area contributed by atoms with E-state index in [2.05, 4.69) is 10.3 Å². The van der Waals surface area contributed by atoms with Gasteiger partial charge in [-0.1, -0.05) is 30.1 Å². The fraction of sp³-hybridized carbons (Fsp3) is 0.625. The number of carbonyl (C=O) groups excluding carboxylic acids is 3. The molecule has 0 aliphatic carbocycles. The Morgan fingerprint density at radius 1 is 1.21 bits per heavy atom. The first-order valence-corrected chi connectivity index (χ1v) is 4.48. The van der Waals surface area contributed by atoms with Crippen LogP contribution in [0.25, 0.3) is 0 Å². The van der Waals surface area contributed by atoms with Gasteiger partial charge in [-0.2, -0.15) is 0 Å². The highest BCUT2D eigenvalue weighted by Gasteiger charge is 2.32. The van der Waals surface area contributed by atoms with Gasteiger partial charge in [0.15, 0.2) is 0 Å². The Morgan fingerprint density at radius 2 is 1.93 bits per heavy atom. The molecule has 6 heteroatoms. The van der Waals surface area contributed by atoms with E-state index in [0.717, 1.165) is 24.3 Å². The van der Waals surface area contributed by atoms with Gasteiger partial charge in [0.05, 0.1) is 0 Å². The van der Waals surface area contributed by atoms with Crippen molar-refractivity contribution < 1.29 is 14.4 Å². The van der Waals surface area contributed by atoms with E-state index in [4.69, 9.17) is 0 Å². The number of carbonyl (C=O) groups is 3. The third-order valence-electron chi connectivity index (χ3n) is 1.84. The van der Waals surface area contributed by atoms with E-state index in [0.29, 0.717) is 6.54 Å². The average Bonchev–Trinajstić information content (AvgIpc) is 2.18. The van der Waals surface area contributed by atoms with Gasteiger partial charge in [-0.15, -0.1) is 0 Å². The number of amides is 2. The van der Waals surface area contributed by atoms with Crippen molar-refractivity contribution >= 4 is 17.6 Å². The van der Waals surface area contributed by atoms with Crippen molar-refractivity contribution in [2.75, 3.05) is 6.54 Å². The molecular weight excluding hydrogens is 186 g/mol. The Labute approximate surface area is 80.9 Å². The second-order valence-corrected chi connectivity index (χ2v) is 2.96. The van der Waals surface area contributed by atoms with Crippen molar-refractivity contribution in [3.05, 3.63) is 0 Å². The third kappa shape index (κ3) is 2.21. The lowest BCUT2D eigenvalue weighted by molar-refractivity contribution is -0.152. The lowest BCUT2D eigenvalue weighted by Crippen LogP contribution is -2.39. The zero-order valence-electron chi connectivity index (χ0n) is 7.89.